The van der Waals surface area contributed by atoms with E-state index in [-0.39, 0.29) is 57.8 Å². The van der Waals surface area contributed by atoms with E-state index in [1.54, 1.807) is 131 Å². The standard InChI is InChI=1S/C24H27N3O3.C22H23N3O3.C22H22N2O3.C21H19FN2O2/c1-16(2)26-12-14-27(15-13-26)22-21(25-17-8-10-18(30-3)11-9-17)23(28)19-6-4-5-7-20(19)24(22)29;1-24-11-13-25(14-12-24)20-19(23-15-7-9-16(28-2)10-8-15)21(26)17-5-3-4-6-18(17)22(20)27;1-27-16-11-9-15(10-12-16)23-19-20(24-13-5-2-6-14-24)22(26)18-8-4-3-7-17(18)21(19)25;22-14-8-10-15(11-9-14)23-18-19(24-12-4-1-5-13-24)21(26)17-7-3-2-6-16(17)20(18)25/h4-11,16,25H,12-15H2,1-3H3;3-10,23H,11-14H2,1-2H3;3-4,7-12,23H,2,5-6,13-14H2,1H3;2-3,6-11,23H,1,4-5,12-13H2. The van der Waals surface area contributed by atoms with E-state index in [2.05, 4.69) is 61.8 Å². The Hall–Kier alpha value is -12.3. The van der Waals surface area contributed by atoms with Crippen LogP contribution in [-0.4, -0.2) is 189 Å². The number of halogens is 1. The number of nitrogens with one attached hydrogen (secondary N) is 4. The molecule has 8 aromatic carbocycles. The number of hydrogen-bond donors (Lipinski definition) is 4. The van der Waals surface area contributed by atoms with E-state index < -0.39 is 0 Å². The van der Waals surface area contributed by atoms with Crippen molar-refractivity contribution in [3.63, 3.8) is 0 Å². The first-order valence-electron chi connectivity index (χ1n) is 37.8. The molecule has 570 valence electrons. The molecule has 4 heterocycles. The highest BCUT2D eigenvalue weighted by molar-refractivity contribution is 6.30. The van der Waals surface area contributed by atoms with Gasteiger partial charge in [-0.3, -0.25) is 43.3 Å². The number of allylic oxidation sites excluding steroid dienone is 8. The molecule has 21 nitrogen and oxygen atoms in total. The highest BCUT2D eigenvalue weighted by Gasteiger charge is 2.41. The van der Waals surface area contributed by atoms with Gasteiger partial charge in [-0.25, -0.2) is 4.39 Å². The van der Waals surface area contributed by atoms with E-state index in [1.165, 1.54) is 12.1 Å². The van der Waals surface area contributed by atoms with Gasteiger partial charge < -0.3 is 60.0 Å². The predicted octanol–water partition coefficient (Wildman–Crippen LogP) is 14.0. The van der Waals surface area contributed by atoms with Gasteiger partial charge >= 0.3 is 0 Å². The van der Waals surface area contributed by atoms with Crippen LogP contribution in [0, 0.1) is 5.82 Å². The monoisotopic (exact) mass is 1490 g/mol. The van der Waals surface area contributed by atoms with Crippen LogP contribution in [0.5, 0.6) is 17.2 Å². The lowest BCUT2D eigenvalue weighted by Crippen LogP contribution is -2.50. The smallest absolute Gasteiger partial charge is 0.212 e. The van der Waals surface area contributed by atoms with Crippen molar-refractivity contribution in [1.82, 2.24) is 29.4 Å². The molecule has 4 saturated heterocycles. The van der Waals surface area contributed by atoms with E-state index in [4.69, 9.17) is 14.2 Å². The van der Waals surface area contributed by atoms with Gasteiger partial charge in [-0.1, -0.05) is 97.1 Å². The summed E-state index contributed by atoms with van der Waals surface area (Å²) in [5.74, 6) is 0.796. The molecule has 8 aromatic rings. The molecule has 0 amide bonds. The first-order chi connectivity index (χ1) is 53.9. The fourth-order valence-electron chi connectivity index (χ4n) is 15.0. The summed E-state index contributed by atoms with van der Waals surface area (Å²) in [4.78, 5) is 119. The lowest BCUT2D eigenvalue weighted by molar-refractivity contribution is 0.0882. The van der Waals surface area contributed by atoms with Gasteiger partial charge in [0.05, 0.1) is 21.3 Å². The fourth-order valence-corrected chi connectivity index (χ4v) is 15.0. The third kappa shape index (κ3) is 17.0. The number of anilines is 4. The molecule has 4 aliphatic heterocycles. The van der Waals surface area contributed by atoms with Crippen molar-refractivity contribution in [1.29, 1.82) is 0 Å². The van der Waals surface area contributed by atoms with Crippen molar-refractivity contribution in [2.24, 2.45) is 0 Å². The molecule has 0 spiro atoms. The third-order valence-electron chi connectivity index (χ3n) is 21.1. The number of carbonyl (C=O) groups excluding carboxylic acids is 8. The zero-order valence-electron chi connectivity index (χ0n) is 63.3. The molecule has 8 aliphatic rings. The van der Waals surface area contributed by atoms with Crippen LogP contribution in [0.2, 0.25) is 0 Å². The molecule has 4 N–H and O–H groups in total. The van der Waals surface area contributed by atoms with Crippen LogP contribution >= 0.6 is 0 Å². The summed E-state index contributed by atoms with van der Waals surface area (Å²) >= 11 is 0. The third-order valence-corrected chi connectivity index (χ3v) is 21.1. The number of likely N-dealkylation sites (N-methyl/N-ethyl adjacent to an activating group) is 1. The number of ether oxygens (including phenoxy) is 3. The molecule has 22 heteroatoms. The molecule has 0 aromatic heterocycles. The van der Waals surface area contributed by atoms with Crippen molar-refractivity contribution >= 4 is 69.0 Å². The number of Topliss-reactive ketones (excluding diaryl/α,β-unsaturated/α-hetero) is 8. The minimum absolute atomic E-state index is 0.0805. The van der Waals surface area contributed by atoms with Crippen LogP contribution in [0.1, 0.15) is 135 Å². The predicted molar refractivity (Wildman–Crippen MR) is 427 cm³/mol. The average molecular weight is 1500 g/mol. The molecule has 111 heavy (non-hydrogen) atoms. The molecular weight excluding hydrogens is 1400 g/mol. The number of benzene rings is 8. The summed E-state index contributed by atoms with van der Waals surface area (Å²) in [5.41, 5.74) is 9.65. The topological polar surface area (TPSA) is 232 Å². The SMILES string of the molecule is COc1ccc(NC2=C(N3CCCCC3)C(=O)c3ccccc3C2=O)cc1.COc1ccc(NC2=C(N3CCN(C(C)C)CC3)C(=O)c3ccccc3C2=O)cc1.COc1ccc(NC2=C(N3CCN(C)CC3)C(=O)c3ccccc3C2=O)cc1.O=C1C(Nc2ccc(F)cc2)=C(N2CCCCC2)C(=O)c2ccccc21. The van der Waals surface area contributed by atoms with E-state index in [0.29, 0.717) is 122 Å². The normalized spacial score (nSPS) is 17.3. The molecular formula is C89H91FN10O11. The van der Waals surface area contributed by atoms with E-state index in [0.717, 1.165) is 125 Å². The molecule has 4 aliphatic carbocycles. The van der Waals surface area contributed by atoms with Gasteiger partial charge in [-0.2, -0.15) is 0 Å². The number of fused-ring (bicyclic) bond motifs is 4. The first-order valence-corrected chi connectivity index (χ1v) is 37.8. The Balaban J connectivity index is 0.000000130. The van der Waals surface area contributed by atoms with Crippen LogP contribution in [0.3, 0.4) is 0 Å². The fraction of sp³-hybridized carbons (Fsp3) is 0.281. The van der Waals surface area contributed by atoms with Crippen molar-refractivity contribution in [2.75, 3.05) is 128 Å². The Bertz CT molecular complexity index is 4980. The summed E-state index contributed by atoms with van der Waals surface area (Å²) in [7, 11) is 6.89. The van der Waals surface area contributed by atoms with E-state index in [9.17, 15) is 42.7 Å². The number of nitrogens with zero attached hydrogens (tertiary/aromatic N) is 6. The van der Waals surface area contributed by atoms with Crippen LogP contribution in [0.4, 0.5) is 27.1 Å². The van der Waals surface area contributed by atoms with Gasteiger partial charge in [0.2, 0.25) is 46.3 Å². The molecule has 0 bridgehead atoms. The van der Waals surface area contributed by atoms with Gasteiger partial charge in [0.25, 0.3) is 0 Å². The van der Waals surface area contributed by atoms with Crippen molar-refractivity contribution in [3.05, 3.63) is 290 Å². The summed E-state index contributed by atoms with van der Waals surface area (Å²) < 4.78 is 28.8. The maximum absolute atomic E-state index is 13.5. The molecule has 0 saturated carbocycles. The molecule has 0 atom stereocenters. The Morgan fingerprint density at radius 2 is 0.514 bits per heavy atom. The number of likely N-dealkylation sites (tertiary alicyclic amines) is 2. The maximum Gasteiger partial charge on any atom is 0.212 e. The van der Waals surface area contributed by atoms with E-state index in [1.807, 2.05) is 82.6 Å². The Morgan fingerprint density at radius 1 is 0.288 bits per heavy atom. The lowest BCUT2D eigenvalue weighted by Gasteiger charge is -2.40. The van der Waals surface area contributed by atoms with Crippen LogP contribution in [-0.2, 0) is 0 Å². The van der Waals surface area contributed by atoms with Gasteiger partial charge in [0.1, 0.15) is 68.6 Å². The highest BCUT2D eigenvalue weighted by Crippen LogP contribution is 2.37. The average Bonchev–Trinajstić information content (AvgIpc) is 0.782. The largest absolute Gasteiger partial charge is 0.497 e. The van der Waals surface area contributed by atoms with Crippen LogP contribution in [0.25, 0.3) is 0 Å². The molecule has 4 fully saturated rings. The Labute approximate surface area is 646 Å². The summed E-state index contributed by atoms with van der Waals surface area (Å²) in [6.45, 7) is 13.7. The Kier molecular flexibility index (Phi) is 24.2. The minimum atomic E-state index is -0.350. The summed E-state index contributed by atoms with van der Waals surface area (Å²) in [5, 5.41) is 12.7. The summed E-state index contributed by atoms with van der Waals surface area (Å²) in [6.07, 6.45) is 6.34. The zero-order chi connectivity index (χ0) is 77.8. The Morgan fingerprint density at radius 3 is 0.757 bits per heavy atom. The molecule has 0 radical (unpaired) electrons. The van der Waals surface area contributed by atoms with Gasteiger partial charge in [0, 0.05) is 152 Å². The van der Waals surface area contributed by atoms with Crippen molar-refractivity contribution < 1.29 is 57.0 Å². The van der Waals surface area contributed by atoms with Gasteiger partial charge in [-0.15, -0.1) is 0 Å². The number of piperidine rings is 2. The van der Waals surface area contributed by atoms with Crippen LogP contribution < -0.4 is 35.5 Å². The number of methoxy groups -OCH3 is 3. The quantitative estimate of drug-likeness (QED) is 0.0704. The van der Waals surface area contributed by atoms with Gasteiger partial charge in [0.15, 0.2) is 0 Å². The lowest BCUT2D eigenvalue weighted by atomic mass is 9.89. The minimum Gasteiger partial charge on any atom is -0.497 e. The van der Waals surface area contributed by atoms with Crippen molar-refractivity contribution in [3.8, 4) is 17.2 Å². The molecule has 0 unspecified atom stereocenters. The number of rotatable bonds is 16. The zero-order valence-corrected chi connectivity index (χ0v) is 63.3. The number of carbonyl (C=O) groups is 8. The maximum atomic E-state index is 13.5. The second-order valence-corrected chi connectivity index (χ2v) is 28.4. The van der Waals surface area contributed by atoms with Gasteiger partial charge in [-0.05, 0) is 156 Å². The number of piperazine rings is 2. The molecule has 16 rings (SSSR count). The second-order valence-electron chi connectivity index (χ2n) is 28.4. The first kappa shape index (κ1) is 76.9. The van der Waals surface area contributed by atoms with E-state index >= 15 is 0 Å². The number of hydrogen-bond acceptors (Lipinski definition) is 21. The highest BCUT2D eigenvalue weighted by atomic mass is 19.1. The second kappa shape index (κ2) is 35.0. The summed E-state index contributed by atoms with van der Waals surface area (Å²) in [6, 6.07) is 56.3. The van der Waals surface area contributed by atoms with Crippen LogP contribution in [0.15, 0.2) is 240 Å². The number of ketones is 8. The van der Waals surface area contributed by atoms with Crippen molar-refractivity contribution in [2.45, 2.75) is 58.4 Å².